The fourth-order valence-corrected chi connectivity index (χ4v) is 4.41. The Morgan fingerprint density at radius 2 is 1.38 bits per heavy atom. The molecule has 0 atom stereocenters. The van der Waals surface area contributed by atoms with Crippen molar-refractivity contribution in [2.24, 2.45) is 0 Å². The second kappa shape index (κ2) is 9.49. The molecule has 2 N–H and O–H groups in total. The summed E-state index contributed by atoms with van der Waals surface area (Å²) < 4.78 is 27.7. The number of carbonyl (C=O) groups excluding carboxylic acids is 1. The van der Waals surface area contributed by atoms with Gasteiger partial charge in [0.05, 0.1) is 4.90 Å². The minimum atomic E-state index is -3.74. The first-order valence-corrected chi connectivity index (χ1v) is 11.6. The van der Waals surface area contributed by atoms with Crippen LogP contribution in [0.3, 0.4) is 0 Å². The van der Waals surface area contributed by atoms with Crippen molar-refractivity contribution in [1.82, 2.24) is 0 Å². The van der Waals surface area contributed by atoms with E-state index in [1.807, 2.05) is 54.6 Å². The molecule has 0 spiro atoms. The molecule has 0 bridgehead atoms. The maximum atomic E-state index is 12.9. The van der Waals surface area contributed by atoms with E-state index in [0.717, 1.165) is 16.8 Å². The van der Waals surface area contributed by atoms with E-state index in [1.165, 1.54) is 18.2 Å². The Morgan fingerprint density at radius 3 is 2.12 bits per heavy atom. The van der Waals surface area contributed by atoms with E-state index in [-0.39, 0.29) is 10.8 Å². The zero-order valence-corrected chi connectivity index (χ0v) is 18.0. The van der Waals surface area contributed by atoms with Gasteiger partial charge in [-0.25, -0.2) is 8.42 Å². The molecule has 0 aliphatic heterocycles. The van der Waals surface area contributed by atoms with E-state index < -0.39 is 10.0 Å². The standard InChI is InChI=1S/C26H22N2O3S/c29-26(27-25-17-8-7-12-21(25)18-20-10-3-1-4-11-20)22-13-9-14-23(19-22)28-32(30,31)24-15-5-2-6-16-24/h1-17,19,28H,18H2,(H,27,29). The van der Waals surface area contributed by atoms with Crippen molar-refractivity contribution in [3.63, 3.8) is 0 Å². The van der Waals surface area contributed by atoms with Gasteiger partial charge in [0, 0.05) is 16.9 Å². The summed E-state index contributed by atoms with van der Waals surface area (Å²) in [5.74, 6) is -0.314. The number of carbonyl (C=O) groups is 1. The van der Waals surface area contributed by atoms with Gasteiger partial charge >= 0.3 is 0 Å². The van der Waals surface area contributed by atoms with Crippen molar-refractivity contribution >= 4 is 27.3 Å². The highest BCUT2D eigenvalue weighted by Crippen LogP contribution is 2.21. The van der Waals surface area contributed by atoms with Crippen LogP contribution in [0.2, 0.25) is 0 Å². The number of sulfonamides is 1. The molecular weight excluding hydrogens is 420 g/mol. The Labute approximate surface area is 187 Å². The van der Waals surface area contributed by atoms with Gasteiger partial charge in [-0.05, 0) is 53.9 Å². The molecule has 32 heavy (non-hydrogen) atoms. The Morgan fingerprint density at radius 1 is 0.719 bits per heavy atom. The largest absolute Gasteiger partial charge is 0.322 e. The number of amides is 1. The van der Waals surface area contributed by atoms with Crippen LogP contribution in [0.1, 0.15) is 21.5 Å². The van der Waals surface area contributed by atoms with E-state index in [9.17, 15) is 13.2 Å². The van der Waals surface area contributed by atoms with Crippen LogP contribution in [0.5, 0.6) is 0 Å². The van der Waals surface area contributed by atoms with Gasteiger partial charge in [0.2, 0.25) is 0 Å². The lowest BCUT2D eigenvalue weighted by atomic mass is 10.0. The number of para-hydroxylation sites is 1. The molecular formula is C26H22N2O3S. The average molecular weight is 443 g/mol. The van der Waals surface area contributed by atoms with Crippen molar-refractivity contribution in [2.75, 3.05) is 10.0 Å². The Hall–Kier alpha value is -3.90. The first kappa shape index (κ1) is 21.3. The maximum Gasteiger partial charge on any atom is 0.261 e. The molecule has 5 nitrogen and oxygen atoms in total. The molecule has 0 saturated heterocycles. The average Bonchev–Trinajstić information content (AvgIpc) is 2.81. The Bertz CT molecular complexity index is 1320. The highest BCUT2D eigenvalue weighted by Gasteiger charge is 2.15. The molecule has 0 radical (unpaired) electrons. The SMILES string of the molecule is O=C(Nc1ccccc1Cc1ccccc1)c1cccc(NS(=O)(=O)c2ccccc2)c1. The van der Waals surface area contributed by atoms with Crippen LogP contribution < -0.4 is 10.0 Å². The number of rotatable bonds is 7. The van der Waals surface area contributed by atoms with Crippen molar-refractivity contribution in [3.8, 4) is 0 Å². The summed E-state index contributed by atoms with van der Waals surface area (Å²) in [6.07, 6.45) is 0.689. The van der Waals surface area contributed by atoms with E-state index >= 15 is 0 Å². The summed E-state index contributed by atoms with van der Waals surface area (Å²) in [5.41, 5.74) is 3.53. The lowest BCUT2D eigenvalue weighted by Crippen LogP contribution is -2.15. The van der Waals surface area contributed by atoms with Crippen LogP contribution in [-0.4, -0.2) is 14.3 Å². The van der Waals surface area contributed by atoms with Crippen molar-refractivity contribution in [1.29, 1.82) is 0 Å². The molecule has 0 saturated carbocycles. The van der Waals surface area contributed by atoms with Crippen LogP contribution >= 0.6 is 0 Å². The maximum absolute atomic E-state index is 12.9. The van der Waals surface area contributed by atoms with Gasteiger partial charge in [0.1, 0.15) is 0 Å². The molecule has 0 aliphatic rings. The molecule has 0 heterocycles. The van der Waals surface area contributed by atoms with Crippen LogP contribution in [0, 0.1) is 0 Å². The fourth-order valence-electron chi connectivity index (χ4n) is 3.34. The normalized spacial score (nSPS) is 11.0. The van der Waals surface area contributed by atoms with Gasteiger partial charge in [0.25, 0.3) is 15.9 Å². The number of hydrogen-bond acceptors (Lipinski definition) is 3. The summed E-state index contributed by atoms with van der Waals surface area (Å²) in [5, 5.41) is 2.95. The smallest absolute Gasteiger partial charge is 0.261 e. The number of benzene rings is 4. The summed E-state index contributed by atoms with van der Waals surface area (Å²) in [7, 11) is -3.74. The Balaban J connectivity index is 1.52. The number of anilines is 2. The quantitative estimate of drug-likeness (QED) is 0.406. The Kier molecular flexibility index (Phi) is 6.33. The molecule has 4 aromatic rings. The third-order valence-electron chi connectivity index (χ3n) is 4.93. The molecule has 0 aromatic heterocycles. The minimum absolute atomic E-state index is 0.157. The van der Waals surface area contributed by atoms with Crippen LogP contribution in [0.4, 0.5) is 11.4 Å². The summed E-state index contributed by atoms with van der Waals surface area (Å²) in [6, 6.07) is 32.2. The van der Waals surface area contributed by atoms with Crippen molar-refractivity contribution in [3.05, 3.63) is 126 Å². The van der Waals surface area contributed by atoms with Gasteiger partial charge in [0.15, 0.2) is 0 Å². The zero-order valence-electron chi connectivity index (χ0n) is 17.2. The van der Waals surface area contributed by atoms with Crippen LogP contribution in [-0.2, 0) is 16.4 Å². The van der Waals surface area contributed by atoms with Crippen molar-refractivity contribution in [2.45, 2.75) is 11.3 Å². The molecule has 160 valence electrons. The topological polar surface area (TPSA) is 75.3 Å². The minimum Gasteiger partial charge on any atom is -0.322 e. The molecule has 1 amide bonds. The molecule has 0 unspecified atom stereocenters. The lowest BCUT2D eigenvalue weighted by Gasteiger charge is -2.13. The van der Waals surface area contributed by atoms with Gasteiger partial charge in [-0.1, -0.05) is 72.8 Å². The van der Waals surface area contributed by atoms with Crippen LogP contribution in [0.25, 0.3) is 0 Å². The second-order valence-corrected chi connectivity index (χ2v) is 8.96. The fraction of sp³-hybridized carbons (Fsp3) is 0.0385. The van der Waals surface area contributed by atoms with Gasteiger partial charge in [-0.15, -0.1) is 0 Å². The predicted octanol–water partition coefficient (Wildman–Crippen LogP) is 5.33. The van der Waals surface area contributed by atoms with E-state index in [1.54, 1.807) is 36.4 Å². The highest BCUT2D eigenvalue weighted by molar-refractivity contribution is 7.92. The van der Waals surface area contributed by atoms with E-state index in [0.29, 0.717) is 17.7 Å². The monoisotopic (exact) mass is 442 g/mol. The third-order valence-corrected chi connectivity index (χ3v) is 6.33. The van der Waals surface area contributed by atoms with Gasteiger partial charge < -0.3 is 5.32 Å². The number of nitrogens with one attached hydrogen (secondary N) is 2. The summed E-state index contributed by atoms with van der Waals surface area (Å²) in [6.45, 7) is 0. The number of hydrogen-bond donors (Lipinski definition) is 2. The summed E-state index contributed by atoms with van der Waals surface area (Å²) >= 11 is 0. The van der Waals surface area contributed by atoms with Crippen LogP contribution in [0.15, 0.2) is 114 Å². The second-order valence-electron chi connectivity index (χ2n) is 7.27. The molecule has 0 fully saturated rings. The molecule has 0 aliphatic carbocycles. The van der Waals surface area contributed by atoms with Gasteiger partial charge in [-0.2, -0.15) is 0 Å². The highest BCUT2D eigenvalue weighted by atomic mass is 32.2. The first-order chi connectivity index (χ1) is 15.5. The van der Waals surface area contributed by atoms with Crippen molar-refractivity contribution < 1.29 is 13.2 Å². The van der Waals surface area contributed by atoms with E-state index in [2.05, 4.69) is 10.0 Å². The molecule has 4 aromatic carbocycles. The zero-order chi connectivity index (χ0) is 22.4. The molecule has 6 heteroatoms. The summed E-state index contributed by atoms with van der Waals surface area (Å²) in [4.78, 5) is 13.1. The lowest BCUT2D eigenvalue weighted by molar-refractivity contribution is 0.102. The van der Waals surface area contributed by atoms with Gasteiger partial charge in [-0.3, -0.25) is 9.52 Å². The van der Waals surface area contributed by atoms with E-state index in [4.69, 9.17) is 0 Å². The first-order valence-electron chi connectivity index (χ1n) is 10.1. The molecule has 4 rings (SSSR count). The third kappa shape index (κ3) is 5.22. The predicted molar refractivity (Wildman–Crippen MR) is 127 cm³/mol.